The van der Waals surface area contributed by atoms with Crippen LogP contribution in [0.5, 0.6) is 0 Å². The maximum absolute atomic E-state index is 12.4. The number of benzene rings is 1. The van der Waals surface area contributed by atoms with E-state index in [0.717, 1.165) is 10.0 Å². The Morgan fingerprint density at radius 2 is 1.79 bits per heavy atom. The third-order valence-corrected chi connectivity index (χ3v) is 4.57. The van der Waals surface area contributed by atoms with Crippen LogP contribution in [0.1, 0.15) is 15.9 Å². The second-order valence-corrected chi connectivity index (χ2v) is 6.64. The first-order valence-electron chi connectivity index (χ1n) is 7.85. The van der Waals surface area contributed by atoms with Gasteiger partial charge >= 0.3 is 0 Å². The number of hydrogen-bond acceptors (Lipinski definition) is 3. The molecule has 5 nitrogen and oxygen atoms in total. The molecule has 0 atom stereocenters. The van der Waals surface area contributed by atoms with Gasteiger partial charge in [0.15, 0.2) is 0 Å². The van der Waals surface area contributed by atoms with Crippen molar-refractivity contribution >= 4 is 27.7 Å². The zero-order valence-electron chi connectivity index (χ0n) is 13.2. The predicted octanol–water partition coefficient (Wildman–Crippen LogP) is 2.37. The lowest BCUT2D eigenvalue weighted by Gasteiger charge is -2.34. The minimum Gasteiger partial charge on any atom is -0.339 e. The van der Waals surface area contributed by atoms with Crippen LogP contribution in [-0.4, -0.2) is 52.8 Å². The molecule has 0 unspecified atom stereocenters. The molecule has 6 heteroatoms. The third-order valence-electron chi connectivity index (χ3n) is 4.07. The van der Waals surface area contributed by atoms with Crippen LogP contribution in [0.4, 0.5) is 0 Å². The van der Waals surface area contributed by atoms with Crippen molar-refractivity contribution in [1.82, 2.24) is 14.8 Å². The van der Waals surface area contributed by atoms with Crippen molar-refractivity contribution in [3.8, 4) is 0 Å². The van der Waals surface area contributed by atoms with Crippen molar-refractivity contribution in [2.45, 2.75) is 6.42 Å². The van der Waals surface area contributed by atoms with Gasteiger partial charge in [-0.15, -0.1) is 0 Å². The molecule has 2 heterocycles. The average molecular weight is 388 g/mol. The molecule has 0 aliphatic carbocycles. The lowest BCUT2D eigenvalue weighted by Crippen LogP contribution is -2.51. The Labute approximate surface area is 149 Å². The first kappa shape index (κ1) is 16.6. The number of rotatable bonds is 3. The highest BCUT2D eigenvalue weighted by Gasteiger charge is 2.24. The summed E-state index contributed by atoms with van der Waals surface area (Å²) in [5, 5.41) is 0. The summed E-state index contributed by atoms with van der Waals surface area (Å²) in [4.78, 5) is 32.4. The smallest absolute Gasteiger partial charge is 0.255 e. The molecule has 0 spiro atoms. The third kappa shape index (κ3) is 4.00. The zero-order chi connectivity index (χ0) is 16.9. The van der Waals surface area contributed by atoms with Crippen molar-refractivity contribution < 1.29 is 9.59 Å². The Hall–Kier alpha value is -2.21. The maximum Gasteiger partial charge on any atom is 0.255 e. The molecule has 3 rings (SSSR count). The molecular weight excluding hydrogens is 370 g/mol. The summed E-state index contributed by atoms with van der Waals surface area (Å²) in [7, 11) is 0. The molecule has 1 aromatic carbocycles. The average Bonchev–Trinajstić information content (AvgIpc) is 2.62. The van der Waals surface area contributed by atoms with E-state index in [1.807, 2.05) is 29.2 Å². The predicted molar refractivity (Wildman–Crippen MR) is 94.6 cm³/mol. The van der Waals surface area contributed by atoms with Crippen molar-refractivity contribution in [2.75, 3.05) is 26.2 Å². The van der Waals surface area contributed by atoms with Crippen molar-refractivity contribution in [1.29, 1.82) is 0 Å². The van der Waals surface area contributed by atoms with Crippen LogP contribution in [-0.2, 0) is 11.2 Å². The highest BCUT2D eigenvalue weighted by molar-refractivity contribution is 9.10. The summed E-state index contributed by atoms with van der Waals surface area (Å²) in [6.07, 6.45) is 3.61. The Morgan fingerprint density at radius 1 is 1.04 bits per heavy atom. The van der Waals surface area contributed by atoms with Gasteiger partial charge in [-0.25, -0.2) is 0 Å². The van der Waals surface area contributed by atoms with E-state index in [4.69, 9.17) is 0 Å². The van der Waals surface area contributed by atoms with Crippen LogP contribution in [0.15, 0.2) is 53.3 Å². The lowest BCUT2D eigenvalue weighted by molar-refractivity contribution is -0.131. The highest BCUT2D eigenvalue weighted by Crippen LogP contribution is 2.14. The standard InChI is InChI=1S/C18H18BrN3O2/c19-16-5-1-3-14(11-16)12-17(23)21-7-9-22(10-8-21)18(24)15-4-2-6-20-13-15/h1-6,11,13H,7-10,12H2. The summed E-state index contributed by atoms with van der Waals surface area (Å²) in [6, 6.07) is 11.3. The summed E-state index contributed by atoms with van der Waals surface area (Å²) in [5.74, 6) is 0.0729. The fourth-order valence-electron chi connectivity index (χ4n) is 2.76. The fraction of sp³-hybridized carbons (Fsp3) is 0.278. The number of carbonyl (C=O) groups is 2. The van der Waals surface area contributed by atoms with E-state index in [0.29, 0.717) is 38.2 Å². The van der Waals surface area contributed by atoms with Crippen LogP contribution in [0.3, 0.4) is 0 Å². The molecule has 1 aliphatic rings. The van der Waals surface area contributed by atoms with Crippen molar-refractivity contribution in [3.05, 3.63) is 64.4 Å². The highest BCUT2D eigenvalue weighted by atomic mass is 79.9. The molecular formula is C18H18BrN3O2. The maximum atomic E-state index is 12.4. The summed E-state index contributed by atoms with van der Waals surface area (Å²) in [5.41, 5.74) is 1.58. The topological polar surface area (TPSA) is 53.5 Å². The zero-order valence-corrected chi connectivity index (χ0v) is 14.8. The van der Waals surface area contributed by atoms with E-state index in [1.165, 1.54) is 0 Å². The van der Waals surface area contributed by atoms with Gasteiger partial charge in [0, 0.05) is 43.0 Å². The monoisotopic (exact) mass is 387 g/mol. The van der Waals surface area contributed by atoms with E-state index in [-0.39, 0.29) is 11.8 Å². The Balaban J connectivity index is 1.55. The van der Waals surface area contributed by atoms with Crippen molar-refractivity contribution in [3.63, 3.8) is 0 Å². The number of amides is 2. The molecule has 124 valence electrons. The number of hydrogen-bond donors (Lipinski definition) is 0. The van der Waals surface area contributed by atoms with Gasteiger partial charge in [0.05, 0.1) is 12.0 Å². The number of carbonyl (C=O) groups excluding carboxylic acids is 2. The Kier molecular flexibility index (Phi) is 5.25. The Morgan fingerprint density at radius 3 is 2.46 bits per heavy atom. The van der Waals surface area contributed by atoms with E-state index in [1.54, 1.807) is 29.4 Å². The molecule has 1 aromatic heterocycles. The van der Waals surface area contributed by atoms with Crippen molar-refractivity contribution in [2.24, 2.45) is 0 Å². The molecule has 2 aromatic rings. The SMILES string of the molecule is O=C(Cc1cccc(Br)c1)N1CCN(C(=O)c2cccnc2)CC1. The number of halogens is 1. The molecule has 0 N–H and O–H groups in total. The van der Waals surface area contributed by atoms with E-state index < -0.39 is 0 Å². The normalized spacial score (nSPS) is 14.5. The first-order valence-corrected chi connectivity index (χ1v) is 8.64. The molecule has 1 saturated heterocycles. The second kappa shape index (κ2) is 7.57. The first-order chi connectivity index (χ1) is 11.6. The van der Waals surface area contributed by atoms with Crippen LogP contribution in [0.25, 0.3) is 0 Å². The molecule has 24 heavy (non-hydrogen) atoms. The molecule has 0 saturated carbocycles. The van der Waals surface area contributed by atoms with E-state index in [2.05, 4.69) is 20.9 Å². The van der Waals surface area contributed by atoms with Gasteiger partial charge < -0.3 is 9.80 Å². The molecule has 1 fully saturated rings. The van der Waals surface area contributed by atoms with Gasteiger partial charge in [0.25, 0.3) is 5.91 Å². The largest absolute Gasteiger partial charge is 0.339 e. The molecule has 0 bridgehead atoms. The van der Waals surface area contributed by atoms with Gasteiger partial charge in [0.1, 0.15) is 0 Å². The summed E-state index contributed by atoms with van der Waals surface area (Å²) in [6.45, 7) is 2.24. The second-order valence-electron chi connectivity index (χ2n) is 5.72. The molecule has 0 radical (unpaired) electrons. The summed E-state index contributed by atoms with van der Waals surface area (Å²) >= 11 is 3.42. The van der Waals surface area contributed by atoms with Gasteiger partial charge in [-0.3, -0.25) is 14.6 Å². The van der Waals surface area contributed by atoms with E-state index in [9.17, 15) is 9.59 Å². The quantitative estimate of drug-likeness (QED) is 0.812. The summed E-state index contributed by atoms with van der Waals surface area (Å²) < 4.78 is 0.972. The van der Waals surface area contributed by atoms with Gasteiger partial charge in [-0.1, -0.05) is 28.1 Å². The molecule has 2 amide bonds. The number of aromatic nitrogens is 1. The van der Waals surface area contributed by atoms with Gasteiger partial charge in [-0.05, 0) is 29.8 Å². The molecule has 1 aliphatic heterocycles. The van der Waals surface area contributed by atoms with Crippen LogP contribution in [0.2, 0.25) is 0 Å². The van der Waals surface area contributed by atoms with Gasteiger partial charge in [-0.2, -0.15) is 0 Å². The number of nitrogens with zero attached hydrogens (tertiary/aromatic N) is 3. The minimum absolute atomic E-state index is 0.0258. The van der Waals surface area contributed by atoms with Gasteiger partial charge in [0.2, 0.25) is 5.91 Å². The minimum atomic E-state index is -0.0258. The van der Waals surface area contributed by atoms with Crippen LogP contribution in [0, 0.1) is 0 Å². The lowest BCUT2D eigenvalue weighted by atomic mass is 10.1. The van der Waals surface area contributed by atoms with Crippen LogP contribution >= 0.6 is 15.9 Å². The van der Waals surface area contributed by atoms with Crippen LogP contribution < -0.4 is 0 Å². The number of pyridine rings is 1. The fourth-order valence-corrected chi connectivity index (χ4v) is 3.21. The number of piperazine rings is 1. The Bertz CT molecular complexity index is 728. The van der Waals surface area contributed by atoms with E-state index >= 15 is 0 Å².